The normalized spacial score (nSPS) is 14.0. The quantitative estimate of drug-likeness (QED) is 0.192. The molecule has 1 aliphatic rings. The van der Waals surface area contributed by atoms with Gasteiger partial charge in [-0.2, -0.15) is 10.4 Å². The Hall–Kier alpha value is -4.54. The van der Waals surface area contributed by atoms with Gasteiger partial charge in [-0.05, 0) is 43.8 Å². The highest BCUT2D eigenvalue weighted by molar-refractivity contribution is 7.99. The van der Waals surface area contributed by atoms with Gasteiger partial charge in [-0.1, -0.05) is 23.9 Å². The fraction of sp³-hybridized carbons (Fsp3) is 0.286. The van der Waals surface area contributed by atoms with Crippen LogP contribution in [-0.2, 0) is 11.3 Å². The first-order chi connectivity index (χ1) is 19.9. The number of likely N-dealkylation sites (N-methyl/N-ethyl adjacent to an activating group) is 1. The van der Waals surface area contributed by atoms with Gasteiger partial charge in [-0.25, -0.2) is 9.82 Å². The first kappa shape index (κ1) is 28.0. The maximum Gasteiger partial charge on any atom is 0.277 e. The summed E-state index contributed by atoms with van der Waals surface area (Å²) in [6.45, 7) is 5.55. The molecule has 4 aromatic rings. The molecule has 0 unspecified atom stereocenters. The Balaban J connectivity index is 1.29. The second kappa shape index (κ2) is 12.3. The molecule has 0 saturated carbocycles. The van der Waals surface area contributed by atoms with Crippen LogP contribution in [0.5, 0.6) is 0 Å². The van der Waals surface area contributed by atoms with Crippen molar-refractivity contribution < 1.29 is 13.6 Å². The summed E-state index contributed by atoms with van der Waals surface area (Å²) < 4.78 is 22.8. The van der Waals surface area contributed by atoms with Gasteiger partial charge in [0.2, 0.25) is 5.43 Å². The number of benzene rings is 2. The molecule has 41 heavy (non-hydrogen) atoms. The van der Waals surface area contributed by atoms with Crippen LogP contribution in [0.3, 0.4) is 0 Å². The number of anilines is 1. The van der Waals surface area contributed by atoms with Gasteiger partial charge in [0.1, 0.15) is 11.4 Å². The van der Waals surface area contributed by atoms with E-state index in [1.807, 2.05) is 29.5 Å². The van der Waals surface area contributed by atoms with E-state index in [1.54, 1.807) is 36.5 Å². The van der Waals surface area contributed by atoms with Crippen molar-refractivity contribution >= 4 is 40.5 Å². The van der Waals surface area contributed by atoms with Gasteiger partial charge in [0.05, 0.1) is 34.8 Å². The molecular weight excluding hydrogens is 547 g/mol. The lowest BCUT2D eigenvalue weighted by Gasteiger charge is -2.34. The van der Waals surface area contributed by atoms with Crippen molar-refractivity contribution in [3.8, 4) is 17.5 Å². The summed E-state index contributed by atoms with van der Waals surface area (Å²) in [6, 6.07) is 11.8. The largest absolute Gasteiger partial charge is 0.411 e. The number of aromatic nitrogens is 3. The fourth-order valence-electron chi connectivity index (χ4n) is 4.46. The highest BCUT2D eigenvalue weighted by atomic mass is 32.2. The lowest BCUT2D eigenvalue weighted by molar-refractivity contribution is -0.118. The molecule has 1 aliphatic heterocycles. The maximum absolute atomic E-state index is 15.2. The predicted octanol–water partition coefficient (Wildman–Crippen LogP) is 3.08. The SMILES string of the molecule is CCn1cc(-c2nnc(SCC(=O)N/N=C/c3ccc(C#N)cc3)o2)c(=O)c2cc(F)c(N3CCN(C)CC3)cc21. The predicted molar refractivity (Wildman–Crippen MR) is 154 cm³/mol. The van der Waals surface area contributed by atoms with Crippen molar-refractivity contribution in [1.29, 1.82) is 5.26 Å². The first-order valence-corrected chi connectivity index (χ1v) is 13.9. The van der Waals surface area contributed by atoms with Crippen molar-refractivity contribution in [2.24, 2.45) is 5.10 Å². The summed E-state index contributed by atoms with van der Waals surface area (Å²) in [7, 11) is 2.04. The molecule has 210 valence electrons. The number of rotatable bonds is 8. The van der Waals surface area contributed by atoms with E-state index in [4.69, 9.17) is 9.68 Å². The third kappa shape index (κ3) is 6.29. The van der Waals surface area contributed by atoms with Gasteiger partial charge in [0, 0.05) is 44.3 Å². The van der Waals surface area contributed by atoms with Crippen molar-refractivity contribution in [2.75, 3.05) is 43.9 Å². The van der Waals surface area contributed by atoms with Crippen LogP contribution in [0.1, 0.15) is 18.1 Å². The second-order valence-electron chi connectivity index (χ2n) is 9.46. The number of aryl methyl sites for hydroxylation is 1. The van der Waals surface area contributed by atoms with E-state index in [9.17, 15) is 9.59 Å². The summed E-state index contributed by atoms with van der Waals surface area (Å²) in [4.78, 5) is 29.8. The number of carbonyl (C=O) groups excluding carboxylic acids is 1. The zero-order valence-corrected chi connectivity index (χ0v) is 23.3. The van der Waals surface area contributed by atoms with Gasteiger partial charge in [-0.15, -0.1) is 10.2 Å². The number of carbonyl (C=O) groups is 1. The number of hydrogen-bond acceptors (Lipinski definition) is 10. The molecular formula is C28H27FN8O3S. The van der Waals surface area contributed by atoms with E-state index in [1.165, 1.54) is 12.3 Å². The van der Waals surface area contributed by atoms with Gasteiger partial charge in [0.25, 0.3) is 17.0 Å². The number of fused-ring (bicyclic) bond motifs is 1. The van der Waals surface area contributed by atoms with Crippen LogP contribution in [0, 0.1) is 17.1 Å². The Labute approximate surface area is 239 Å². The first-order valence-electron chi connectivity index (χ1n) is 12.9. The van der Waals surface area contributed by atoms with Gasteiger partial charge < -0.3 is 18.8 Å². The van der Waals surface area contributed by atoms with Crippen LogP contribution >= 0.6 is 11.8 Å². The Morgan fingerprint density at radius 2 is 1.98 bits per heavy atom. The van der Waals surface area contributed by atoms with Crippen LogP contribution in [-0.4, -0.2) is 70.8 Å². The molecule has 2 aromatic carbocycles. The standard InChI is InChI=1S/C28H27FN8O3S/c1-3-36-16-21(26(39)20-12-22(29)24(13-23(20)36)37-10-8-35(2)9-11-37)27-33-34-28(40-27)41-17-25(38)32-31-15-19-6-4-18(14-30)5-7-19/h4-7,12-13,15-16H,3,8-11,17H2,1-2H3,(H,32,38)/b31-15+. The summed E-state index contributed by atoms with van der Waals surface area (Å²) in [5.41, 5.74) is 4.51. The Bertz CT molecular complexity index is 1700. The smallest absolute Gasteiger partial charge is 0.277 e. The van der Waals surface area contributed by atoms with E-state index in [-0.39, 0.29) is 27.8 Å². The van der Waals surface area contributed by atoms with E-state index >= 15 is 4.39 Å². The number of hydrazone groups is 1. The molecule has 13 heteroatoms. The van der Waals surface area contributed by atoms with Crippen LogP contribution in [0.15, 0.2) is 62.1 Å². The molecule has 2 aromatic heterocycles. The highest BCUT2D eigenvalue weighted by Crippen LogP contribution is 2.28. The zero-order chi connectivity index (χ0) is 28.9. The van der Waals surface area contributed by atoms with E-state index in [2.05, 4.69) is 25.6 Å². The Kier molecular flexibility index (Phi) is 8.42. The van der Waals surface area contributed by atoms with Gasteiger partial charge >= 0.3 is 0 Å². The molecule has 1 N–H and O–H groups in total. The zero-order valence-electron chi connectivity index (χ0n) is 22.5. The number of nitrogens with zero attached hydrogens (tertiary/aromatic N) is 7. The van der Waals surface area contributed by atoms with Crippen molar-refractivity contribution in [3.05, 3.63) is 69.8 Å². The molecule has 0 bridgehead atoms. The second-order valence-corrected chi connectivity index (χ2v) is 10.4. The van der Waals surface area contributed by atoms with Gasteiger partial charge in [-0.3, -0.25) is 9.59 Å². The summed E-state index contributed by atoms with van der Waals surface area (Å²) in [5, 5.41) is 21.0. The van der Waals surface area contributed by atoms with E-state index in [0.29, 0.717) is 36.4 Å². The number of halogens is 1. The molecule has 3 heterocycles. The highest BCUT2D eigenvalue weighted by Gasteiger charge is 2.22. The number of thioether (sulfide) groups is 1. The molecule has 0 radical (unpaired) electrons. The van der Waals surface area contributed by atoms with Gasteiger partial charge in [0.15, 0.2) is 0 Å². The van der Waals surface area contributed by atoms with Crippen LogP contribution in [0.4, 0.5) is 10.1 Å². The van der Waals surface area contributed by atoms with Crippen LogP contribution < -0.4 is 15.8 Å². The minimum absolute atomic E-state index is 0.00982. The maximum atomic E-state index is 15.2. The molecule has 5 rings (SSSR count). The molecule has 0 spiro atoms. The molecule has 0 aliphatic carbocycles. The number of piperazine rings is 1. The van der Waals surface area contributed by atoms with Crippen molar-refractivity contribution in [3.63, 3.8) is 0 Å². The van der Waals surface area contributed by atoms with Crippen molar-refractivity contribution in [2.45, 2.75) is 18.7 Å². The number of nitriles is 1. The monoisotopic (exact) mass is 574 g/mol. The summed E-state index contributed by atoms with van der Waals surface area (Å²) in [6.07, 6.45) is 3.10. The van der Waals surface area contributed by atoms with E-state index < -0.39 is 17.2 Å². The Morgan fingerprint density at radius 1 is 1.22 bits per heavy atom. The molecule has 1 saturated heterocycles. The third-order valence-corrected chi connectivity index (χ3v) is 7.56. The average molecular weight is 575 g/mol. The van der Waals surface area contributed by atoms with Crippen molar-refractivity contribution in [1.82, 2.24) is 25.1 Å². The number of pyridine rings is 1. The Morgan fingerprint density at radius 3 is 2.68 bits per heavy atom. The lowest BCUT2D eigenvalue weighted by atomic mass is 10.1. The summed E-state index contributed by atoms with van der Waals surface area (Å²) in [5.74, 6) is -0.910. The van der Waals surface area contributed by atoms with Crippen LogP contribution in [0.2, 0.25) is 0 Å². The average Bonchev–Trinajstić information content (AvgIpc) is 3.46. The molecule has 1 fully saturated rings. The fourth-order valence-corrected chi connectivity index (χ4v) is 5.02. The molecule has 1 amide bonds. The number of hydrogen-bond donors (Lipinski definition) is 1. The molecule has 11 nitrogen and oxygen atoms in total. The van der Waals surface area contributed by atoms with Crippen LogP contribution in [0.25, 0.3) is 22.4 Å². The minimum Gasteiger partial charge on any atom is -0.411 e. The third-order valence-electron chi connectivity index (χ3n) is 6.74. The lowest BCUT2D eigenvalue weighted by Crippen LogP contribution is -2.44. The minimum atomic E-state index is -0.450. The van der Waals surface area contributed by atoms with E-state index in [0.717, 1.165) is 30.4 Å². The number of amides is 1. The topological polar surface area (TPSA) is 133 Å². The molecule has 0 atom stereocenters. The number of nitrogens with one attached hydrogen (secondary N) is 1. The summed E-state index contributed by atoms with van der Waals surface area (Å²) >= 11 is 0.995.